The molecule has 23 heavy (non-hydrogen) atoms. The van der Waals surface area contributed by atoms with Crippen molar-refractivity contribution in [1.82, 2.24) is 8.96 Å². The van der Waals surface area contributed by atoms with Crippen LogP contribution in [0.2, 0.25) is 19.6 Å². The van der Waals surface area contributed by atoms with E-state index < -0.39 is 18.1 Å². The normalized spacial score (nSPS) is 12.7. The lowest BCUT2D eigenvalue weighted by Gasteiger charge is -2.14. The highest BCUT2D eigenvalue weighted by atomic mass is 79.9. The van der Waals surface area contributed by atoms with Crippen molar-refractivity contribution < 1.29 is 8.42 Å². The largest absolute Gasteiger partial charge is 0.268 e. The van der Waals surface area contributed by atoms with Gasteiger partial charge in [0.25, 0.3) is 10.0 Å². The van der Waals surface area contributed by atoms with E-state index >= 15 is 0 Å². The first-order chi connectivity index (χ1) is 10.7. The van der Waals surface area contributed by atoms with Crippen LogP contribution < -0.4 is 5.19 Å². The Bertz CT molecular complexity index is 976. The van der Waals surface area contributed by atoms with Crippen molar-refractivity contribution >= 4 is 50.1 Å². The Labute approximate surface area is 145 Å². The molecule has 0 N–H and O–H groups in total. The topological polar surface area (TPSA) is 52.0 Å². The summed E-state index contributed by atoms with van der Waals surface area (Å²) in [6.45, 7) is 6.59. The van der Waals surface area contributed by atoms with Gasteiger partial charge in [0.15, 0.2) is 0 Å². The molecule has 120 valence electrons. The van der Waals surface area contributed by atoms with Crippen molar-refractivity contribution in [2.45, 2.75) is 24.5 Å². The number of fused-ring (bicyclic) bond motifs is 1. The molecule has 7 heteroatoms. The van der Waals surface area contributed by atoms with E-state index in [1.54, 1.807) is 48.9 Å². The second kappa shape index (κ2) is 5.57. The molecule has 3 aromatic rings. The zero-order valence-electron chi connectivity index (χ0n) is 13.1. The quantitative estimate of drug-likeness (QED) is 0.622. The van der Waals surface area contributed by atoms with Gasteiger partial charge in [-0.1, -0.05) is 37.8 Å². The minimum Gasteiger partial charge on any atom is -0.263 e. The second-order valence-electron chi connectivity index (χ2n) is 6.42. The van der Waals surface area contributed by atoms with E-state index in [0.717, 1.165) is 10.6 Å². The standard InChI is InChI=1S/C16H17BrN2O2SSi/c1-23(2,3)15-11-19(16-13(15)9-18-10-14(16)17)22(20,21)12-7-5-4-6-8-12/h4-11H,1-3H3. The molecule has 3 rings (SSSR count). The number of benzene rings is 1. The highest BCUT2D eigenvalue weighted by Crippen LogP contribution is 2.28. The van der Waals surface area contributed by atoms with Crippen LogP contribution in [0.15, 0.2) is 58.3 Å². The third kappa shape index (κ3) is 2.77. The molecule has 0 radical (unpaired) electrons. The van der Waals surface area contributed by atoms with E-state index in [9.17, 15) is 8.42 Å². The number of aromatic nitrogens is 2. The Morgan fingerprint density at radius 1 is 1.09 bits per heavy atom. The fraction of sp³-hybridized carbons (Fsp3) is 0.188. The molecule has 0 unspecified atom stereocenters. The number of halogens is 1. The lowest BCUT2D eigenvalue weighted by Crippen LogP contribution is -2.37. The van der Waals surface area contributed by atoms with Crippen LogP contribution in [0.5, 0.6) is 0 Å². The SMILES string of the molecule is C[Si](C)(C)c1cn(S(=O)(=O)c2ccccc2)c2c(Br)cncc12. The van der Waals surface area contributed by atoms with Crippen LogP contribution in [0.25, 0.3) is 10.9 Å². The third-order valence-corrected chi connectivity index (χ3v) is 8.01. The predicted octanol–water partition coefficient (Wildman–Crippen LogP) is 3.58. The molecule has 0 fully saturated rings. The highest BCUT2D eigenvalue weighted by Gasteiger charge is 2.28. The summed E-state index contributed by atoms with van der Waals surface area (Å²) in [7, 11) is -5.37. The first-order valence-corrected chi connectivity index (χ1v) is 12.9. The Hall–Kier alpha value is -1.44. The summed E-state index contributed by atoms with van der Waals surface area (Å²) in [6, 6.07) is 8.50. The molecular weight excluding hydrogens is 392 g/mol. The monoisotopic (exact) mass is 408 g/mol. The zero-order valence-corrected chi connectivity index (χ0v) is 16.5. The van der Waals surface area contributed by atoms with Gasteiger partial charge in [-0.25, -0.2) is 12.4 Å². The summed E-state index contributed by atoms with van der Waals surface area (Å²) in [5.74, 6) is 0. The number of pyridine rings is 1. The zero-order chi connectivity index (χ0) is 16.8. The van der Waals surface area contributed by atoms with Gasteiger partial charge in [-0.2, -0.15) is 0 Å². The summed E-state index contributed by atoms with van der Waals surface area (Å²) in [5.41, 5.74) is 0.654. The molecule has 0 aliphatic heterocycles. The fourth-order valence-corrected chi connectivity index (χ4v) is 6.24. The summed E-state index contributed by atoms with van der Waals surface area (Å²) >= 11 is 3.46. The summed E-state index contributed by atoms with van der Waals surface area (Å²) in [5, 5.41) is 1.99. The molecule has 0 aliphatic carbocycles. The smallest absolute Gasteiger partial charge is 0.263 e. The summed E-state index contributed by atoms with van der Waals surface area (Å²) in [6.07, 6.45) is 5.16. The summed E-state index contributed by atoms with van der Waals surface area (Å²) in [4.78, 5) is 4.50. The van der Waals surface area contributed by atoms with Gasteiger partial charge in [-0.05, 0) is 33.2 Å². The van der Waals surface area contributed by atoms with E-state index in [1.807, 2.05) is 0 Å². The number of rotatable bonds is 3. The maximum Gasteiger partial charge on any atom is 0.268 e. The van der Waals surface area contributed by atoms with Gasteiger partial charge in [0.1, 0.15) is 0 Å². The van der Waals surface area contributed by atoms with Crippen LogP contribution in [0, 0.1) is 0 Å². The van der Waals surface area contributed by atoms with Gasteiger partial charge in [-0.15, -0.1) is 0 Å². The van der Waals surface area contributed by atoms with E-state index in [2.05, 4.69) is 40.6 Å². The molecule has 1 aromatic carbocycles. The van der Waals surface area contributed by atoms with Gasteiger partial charge >= 0.3 is 0 Å². The number of hydrogen-bond acceptors (Lipinski definition) is 3. The van der Waals surface area contributed by atoms with Gasteiger partial charge in [0.2, 0.25) is 0 Å². The first-order valence-electron chi connectivity index (χ1n) is 7.18. The van der Waals surface area contributed by atoms with Crippen LogP contribution in [0.1, 0.15) is 0 Å². The van der Waals surface area contributed by atoms with Gasteiger partial charge < -0.3 is 0 Å². The Balaban J connectivity index is 2.40. The molecule has 2 heterocycles. The van der Waals surface area contributed by atoms with Crippen molar-refractivity contribution in [2.75, 3.05) is 0 Å². The predicted molar refractivity (Wildman–Crippen MR) is 99.4 cm³/mol. The van der Waals surface area contributed by atoms with Crippen LogP contribution in [-0.2, 0) is 10.0 Å². The van der Waals surface area contributed by atoms with Crippen LogP contribution in [0.3, 0.4) is 0 Å². The molecule has 0 saturated carbocycles. The molecule has 4 nitrogen and oxygen atoms in total. The lowest BCUT2D eigenvalue weighted by atomic mass is 10.3. The van der Waals surface area contributed by atoms with Crippen LogP contribution in [-0.4, -0.2) is 25.4 Å². The highest BCUT2D eigenvalue weighted by molar-refractivity contribution is 9.10. The van der Waals surface area contributed by atoms with Crippen molar-refractivity contribution in [3.8, 4) is 0 Å². The fourth-order valence-electron chi connectivity index (χ4n) is 2.59. The first kappa shape index (κ1) is 16.4. The van der Waals surface area contributed by atoms with Gasteiger partial charge in [-0.3, -0.25) is 4.98 Å². The molecule has 0 amide bonds. The second-order valence-corrected chi connectivity index (χ2v) is 14.1. The maximum absolute atomic E-state index is 13.1. The molecule has 0 spiro atoms. The van der Waals surface area contributed by atoms with E-state index in [1.165, 1.54) is 3.97 Å². The number of hydrogen-bond donors (Lipinski definition) is 0. The van der Waals surface area contributed by atoms with E-state index in [-0.39, 0.29) is 4.90 Å². The van der Waals surface area contributed by atoms with Gasteiger partial charge in [0.05, 0.1) is 23.0 Å². The molecular formula is C16H17BrN2O2SSi. The Morgan fingerprint density at radius 3 is 2.35 bits per heavy atom. The Kier molecular flexibility index (Phi) is 3.98. The third-order valence-electron chi connectivity index (χ3n) is 3.74. The average molecular weight is 409 g/mol. The molecule has 0 aliphatic rings. The Morgan fingerprint density at radius 2 is 1.74 bits per heavy atom. The molecule has 2 aromatic heterocycles. The van der Waals surface area contributed by atoms with Crippen molar-refractivity contribution in [3.05, 3.63) is 53.4 Å². The minimum absolute atomic E-state index is 0.280. The van der Waals surface area contributed by atoms with Crippen molar-refractivity contribution in [2.24, 2.45) is 0 Å². The van der Waals surface area contributed by atoms with E-state index in [0.29, 0.717) is 9.99 Å². The van der Waals surface area contributed by atoms with Crippen LogP contribution >= 0.6 is 15.9 Å². The lowest BCUT2D eigenvalue weighted by molar-refractivity contribution is 0.589. The molecule has 0 atom stereocenters. The number of nitrogens with zero attached hydrogens (tertiary/aromatic N) is 2. The summed E-state index contributed by atoms with van der Waals surface area (Å²) < 4.78 is 28.2. The van der Waals surface area contributed by atoms with Crippen LogP contribution in [0.4, 0.5) is 0 Å². The van der Waals surface area contributed by atoms with Crippen molar-refractivity contribution in [3.63, 3.8) is 0 Å². The molecule has 0 saturated heterocycles. The van der Waals surface area contributed by atoms with Gasteiger partial charge in [0, 0.05) is 24.0 Å². The van der Waals surface area contributed by atoms with E-state index in [4.69, 9.17) is 0 Å². The van der Waals surface area contributed by atoms with Crippen molar-refractivity contribution in [1.29, 1.82) is 0 Å². The molecule has 0 bridgehead atoms. The minimum atomic E-state index is -3.65. The maximum atomic E-state index is 13.1. The average Bonchev–Trinajstić information content (AvgIpc) is 2.90.